The van der Waals surface area contributed by atoms with Crippen LogP contribution in [-0.4, -0.2) is 64.4 Å². The lowest BCUT2D eigenvalue weighted by atomic mass is 9.84. The van der Waals surface area contributed by atoms with Crippen LogP contribution < -0.4 is 21.7 Å². The van der Waals surface area contributed by atoms with Crippen LogP contribution in [0.3, 0.4) is 0 Å². The lowest BCUT2D eigenvalue weighted by molar-refractivity contribution is -0.0284. The van der Waals surface area contributed by atoms with E-state index in [0.717, 1.165) is 16.7 Å². The van der Waals surface area contributed by atoms with Crippen LogP contribution in [0.2, 0.25) is 0 Å². The zero-order chi connectivity index (χ0) is 30.4. The highest BCUT2D eigenvalue weighted by atomic mass is 32.1. The number of aromatic nitrogens is 1. The Bertz CT molecular complexity index is 1370. The molecule has 9 nitrogen and oxygen atoms in total. The van der Waals surface area contributed by atoms with Crippen molar-refractivity contribution in [1.82, 2.24) is 20.5 Å². The Labute approximate surface area is 249 Å². The number of nitrogens with zero attached hydrogens (tertiary/aromatic N) is 3. The van der Waals surface area contributed by atoms with E-state index >= 15 is 8.78 Å². The number of guanidine groups is 1. The standard InChI is InChI=1S/C30H39F2N7O2S/c1-17(2)34-12-13-35-29(33)37-27-21(10-11-25(40)39(27)26-23(31)6-5-7-24(26)32)19(4)22-16-20(9-8-18(22)3)28(41)38-30-36-14-15-42-30/h5-9,14-17,19,23,25-26,34,40H,10-13H2,1-4H3,(H3,33,35,37)(H,36,38,41). The highest BCUT2D eigenvalue weighted by molar-refractivity contribution is 7.13. The molecule has 2 heterocycles. The molecule has 0 saturated carbocycles. The van der Waals surface area contributed by atoms with Crippen molar-refractivity contribution < 1.29 is 18.7 Å². The minimum atomic E-state index is -1.69. The number of aryl methyl sites for hydroxylation is 1. The molecule has 0 fully saturated rings. The van der Waals surface area contributed by atoms with Gasteiger partial charge in [-0.2, -0.15) is 0 Å². The third-order valence-corrected chi connectivity index (χ3v) is 8.05. The molecule has 1 aromatic heterocycles. The minimum Gasteiger partial charge on any atom is -0.374 e. The number of nitrogens with one attached hydrogen (secondary N) is 3. The van der Waals surface area contributed by atoms with Crippen molar-refractivity contribution in [2.24, 2.45) is 10.7 Å². The largest absolute Gasteiger partial charge is 0.374 e. The summed E-state index contributed by atoms with van der Waals surface area (Å²) in [5.74, 6) is -0.915. The summed E-state index contributed by atoms with van der Waals surface area (Å²) >= 11 is 1.33. The van der Waals surface area contributed by atoms with Crippen molar-refractivity contribution in [3.05, 3.63) is 81.9 Å². The lowest BCUT2D eigenvalue weighted by Gasteiger charge is -2.44. The predicted molar refractivity (Wildman–Crippen MR) is 164 cm³/mol. The van der Waals surface area contributed by atoms with Gasteiger partial charge in [-0.15, -0.1) is 11.3 Å². The summed E-state index contributed by atoms with van der Waals surface area (Å²) in [4.78, 5) is 22.8. The van der Waals surface area contributed by atoms with E-state index in [1.807, 2.05) is 39.8 Å². The topological polar surface area (TPSA) is 128 Å². The number of halogens is 2. The Balaban J connectivity index is 1.73. The fourth-order valence-electron chi connectivity index (χ4n) is 5.22. The Morgan fingerprint density at radius 1 is 1.31 bits per heavy atom. The fourth-order valence-corrected chi connectivity index (χ4v) is 5.75. The van der Waals surface area contributed by atoms with E-state index in [2.05, 4.69) is 25.9 Å². The summed E-state index contributed by atoms with van der Waals surface area (Å²) in [7, 11) is 0. The first kappa shape index (κ1) is 31.3. The van der Waals surface area contributed by atoms with Gasteiger partial charge in [0.25, 0.3) is 5.91 Å². The van der Waals surface area contributed by atoms with Crippen LogP contribution in [0.4, 0.5) is 13.9 Å². The van der Waals surface area contributed by atoms with Gasteiger partial charge < -0.3 is 26.4 Å². The van der Waals surface area contributed by atoms with Crippen molar-refractivity contribution in [3.63, 3.8) is 0 Å². The smallest absolute Gasteiger partial charge is 0.257 e. The van der Waals surface area contributed by atoms with Crippen LogP contribution in [-0.2, 0) is 0 Å². The average Bonchev–Trinajstić information content (AvgIpc) is 3.45. The molecule has 0 bridgehead atoms. The Morgan fingerprint density at radius 3 is 2.79 bits per heavy atom. The fraction of sp³-hybridized carbons (Fsp3) is 0.433. The average molecular weight is 600 g/mol. The van der Waals surface area contributed by atoms with Crippen molar-refractivity contribution in [1.29, 1.82) is 0 Å². The van der Waals surface area contributed by atoms with Gasteiger partial charge in [0.2, 0.25) is 0 Å². The molecule has 1 amide bonds. The Kier molecular flexibility index (Phi) is 10.5. The van der Waals surface area contributed by atoms with E-state index in [4.69, 9.17) is 5.73 Å². The number of hydrogen-bond donors (Lipinski definition) is 5. The Hall–Kier alpha value is -3.61. The molecule has 0 radical (unpaired) electrons. The zero-order valence-corrected chi connectivity index (χ0v) is 25.1. The number of aliphatic hydroxyl groups excluding tert-OH is 1. The SMILES string of the molecule is Cc1ccc(C(=O)Nc2nccs2)cc1C(C)C1=C(NC(N)=NCCNC(C)C)N(C2C(F)=CC=CC2F)C(O)CC1. The van der Waals surface area contributed by atoms with Gasteiger partial charge in [0.1, 0.15) is 30.1 Å². The van der Waals surface area contributed by atoms with E-state index in [9.17, 15) is 9.90 Å². The van der Waals surface area contributed by atoms with E-state index in [1.54, 1.807) is 17.6 Å². The second kappa shape index (κ2) is 14.0. The van der Waals surface area contributed by atoms with Crippen molar-refractivity contribution in [2.75, 3.05) is 18.4 Å². The third-order valence-electron chi connectivity index (χ3n) is 7.37. The number of amides is 1. The predicted octanol–water partition coefficient (Wildman–Crippen LogP) is 4.47. The molecule has 42 heavy (non-hydrogen) atoms. The van der Waals surface area contributed by atoms with Gasteiger partial charge in [-0.05, 0) is 60.8 Å². The number of hydrogen-bond acceptors (Lipinski definition) is 7. The van der Waals surface area contributed by atoms with Gasteiger partial charge in [0.05, 0.1) is 6.54 Å². The monoisotopic (exact) mass is 599 g/mol. The van der Waals surface area contributed by atoms with Gasteiger partial charge in [-0.25, -0.2) is 13.8 Å². The van der Waals surface area contributed by atoms with Crippen molar-refractivity contribution >= 4 is 28.3 Å². The molecule has 0 spiro atoms. The number of allylic oxidation sites excluding steroid dienone is 3. The van der Waals surface area contributed by atoms with Crippen molar-refractivity contribution in [2.45, 2.75) is 70.9 Å². The molecule has 2 aromatic rings. The van der Waals surface area contributed by atoms with E-state index < -0.39 is 24.3 Å². The van der Waals surface area contributed by atoms with E-state index in [0.29, 0.717) is 36.0 Å². The van der Waals surface area contributed by atoms with Crippen LogP contribution in [0, 0.1) is 6.92 Å². The number of rotatable bonds is 10. The molecule has 4 atom stereocenters. The first-order valence-electron chi connectivity index (χ1n) is 14.1. The number of anilines is 1. The molecule has 1 aliphatic heterocycles. The normalized spacial score (nSPS) is 21.9. The first-order chi connectivity index (χ1) is 20.1. The summed E-state index contributed by atoms with van der Waals surface area (Å²) in [6.07, 6.45) is 3.24. The summed E-state index contributed by atoms with van der Waals surface area (Å²) in [5, 5.41) is 22.5. The van der Waals surface area contributed by atoms with Crippen LogP contribution in [0.15, 0.2) is 70.2 Å². The molecule has 1 aromatic carbocycles. The second-order valence-corrected chi connectivity index (χ2v) is 11.6. The van der Waals surface area contributed by atoms with Gasteiger partial charge in [0, 0.05) is 35.6 Å². The van der Waals surface area contributed by atoms with Gasteiger partial charge in [0.15, 0.2) is 11.1 Å². The number of nitrogens with two attached hydrogens (primary N) is 1. The molecule has 4 unspecified atom stereocenters. The van der Waals surface area contributed by atoms with Crippen LogP contribution in [0.25, 0.3) is 0 Å². The highest BCUT2D eigenvalue weighted by Gasteiger charge is 2.41. The van der Waals surface area contributed by atoms with Crippen LogP contribution >= 0.6 is 11.3 Å². The summed E-state index contributed by atoms with van der Waals surface area (Å²) in [6, 6.07) is 4.35. The van der Waals surface area contributed by atoms with E-state index in [1.165, 1.54) is 34.5 Å². The van der Waals surface area contributed by atoms with Gasteiger partial charge in [-0.3, -0.25) is 15.1 Å². The number of alkyl halides is 1. The van der Waals surface area contributed by atoms with Gasteiger partial charge >= 0.3 is 0 Å². The molecular formula is C30H39F2N7O2S. The number of aliphatic hydroxyl groups is 1. The molecular weight excluding hydrogens is 560 g/mol. The highest BCUT2D eigenvalue weighted by Crippen LogP contribution is 2.40. The van der Waals surface area contributed by atoms with Gasteiger partial charge in [-0.1, -0.05) is 32.9 Å². The minimum absolute atomic E-state index is 0.0683. The second-order valence-electron chi connectivity index (χ2n) is 10.7. The number of benzene rings is 1. The molecule has 1 aliphatic carbocycles. The Morgan fingerprint density at radius 2 is 2.10 bits per heavy atom. The summed E-state index contributed by atoms with van der Waals surface area (Å²) in [5.41, 5.74) is 9.32. The van der Waals surface area contributed by atoms with E-state index in [-0.39, 0.29) is 30.2 Å². The molecule has 226 valence electrons. The molecule has 2 aliphatic rings. The number of thiazole rings is 1. The molecule has 6 N–H and O–H groups in total. The number of aliphatic imine (C=N–C) groups is 1. The summed E-state index contributed by atoms with van der Waals surface area (Å²) < 4.78 is 30.4. The third kappa shape index (κ3) is 7.42. The number of carbonyl (C=O) groups excluding carboxylic acids is 1. The number of carbonyl (C=O) groups is 1. The maximum atomic E-state index is 15.2. The molecule has 0 saturated heterocycles. The quantitative estimate of drug-likeness (QED) is 0.155. The zero-order valence-electron chi connectivity index (χ0n) is 24.3. The first-order valence-corrected chi connectivity index (χ1v) is 14.9. The molecule has 12 heteroatoms. The van der Waals surface area contributed by atoms with Crippen LogP contribution in [0.1, 0.15) is 61.0 Å². The maximum Gasteiger partial charge on any atom is 0.257 e. The lowest BCUT2D eigenvalue weighted by Crippen LogP contribution is -2.54. The van der Waals surface area contributed by atoms with Crippen molar-refractivity contribution in [3.8, 4) is 0 Å². The molecule has 4 rings (SSSR count). The van der Waals surface area contributed by atoms with Crippen LogP contribution in [0.5, 0.6) is 0 Å². The maximum absolute atomic E-state index is 15.2. The summed E-state index contributed by atoms with van der Waals surface area (Å²) in [6.45, 7) is 8.95.